The lowest BCUT2D eigenvalue weighted by Gasteiger charge is -2.24. The molecule has 0 bridgehead atoms. The van der Waals surface area contributed by atoms with Crippen LogP contribution in [0.1, 0.15) is 5.56 Å². The molecule has 3 aromatic carbocycles. The van der Waals surface area contributed by atoms with E-state index in [0.29, 0.717) is 10.7 Å². The molecule has 0 heterocycles. The molecule has 0 atom stereocenters. The van der Waals surface area contributed by atoms with Crippen molar-refractivity contribution in [3.05, 3.63) is 95.5 Å². The fourth-order valence-corrected chi connectivity index (χ4v) is 3.98. The van der Waals surface area contributed by atoms with Crippen LogP contribution in [0.25, 0.3) is 0 Å². The van der Waals surface area contributed by atoms with Gasteiger partial charge in [-0.3, -0.25) is 4.31 Å². The van der Waals surface area contributed by atoms with Gasteiger partial charge in [-0.2, -0.15) is 0 Å². The number of benzene rings is 3. The van der Waals surface area contributed by atoms with Gasteiger partial charge in [0.1, 0.15) is 0 Å². The van der Waals surface area contributed by atoms with Gasteiger partial charge in [0.2, 0.25) is 0 Å². The van der Waals surface area contributed by atoms with E-state index in [9.17, 15) is 8.42 Å². The molecule has 0 radical (unpaired) electrons. The van der Waals surface area contributed by atoms with E-state index < -0.39 is 10.0 Å². The van der Waals surface area contributed by atoms with Crippen LogP contribution in [-0.2, 0) is 16.6 Å². The zero-order valence-electron chi connectivity index (χ0n) is 12.8. The Labute approximate surface area is 147 Å². The molecule has 3 nitrogen and oxygen atoms in total. The number of nitrogens with zero attached hydrogens (tertiary/aromatic N) is 1. The topological polar surface area (TPSA) is 37.4 Å². The van der Waals surface area contributed by atoms with E-state index in [2.05, 4.69) is 0 Å². The van der Waals surface area contributed by atoms with E-state index in [1.165, 1.54) is 4.31 Å². The van der Waals surface area contributed by atoms with Gasteiger partial charge in [0, 0.05) is 5.02 Å². The Hall–Kier alpha value is -2.30. The molecule has 5 heteroatoms. The monoisotopic (exact) mass is 357 g/mol. The molecule has 0 aromatic heterocycles. The molecule has 0 N–H and O–H groups in total. The molecule has 24 heavy (non-hydrogen) atoms. The Morgan fingerprint density at radius 3 is 1.88 bits per heavy atom. The van der Waals surface area contributed by atoms with Crippen LogP contribution in [0.4, 0.5) is 5.69 Å². The van der Waals surface area contributed by atoms with E-state index in [0.717, 1.165) is 5.56 Å². The third-order valence-electron chi connectivity index (χ3n) is 3.61. The average Bonchev–Trinajstić information content (AvgIpc) is 2.62. The SMILES string of the molecule is O=S(=O)(c1ccccc1)N(Cc1ccc(Cl)cc1)c1ccccc1. The maximum Gasteiger partial charge on any atom is 0.264 e. The van der Waals surface area contributed by atoms with Gasteiger partial charge in [0.25, 0.3) is 10.0 Å². The van der Waals surface area contributed by atoms with E-state index >= 15 is 0 Å². The summed E-state index contributed by atoms with van der Waals surface area (Å²) in [5.41, 5.74) is 1.49. The maximum absolute atomic E-state index is 13.1. The molecule has 0 saturated carbocycles. The molecule has 0 aliphatic carbocycles. The summed E-state index contributed by atoms with van der Waals surface area (Å²) in [4.78, 5) is 0.266. The summed E-state index contributed by atoms with van der Waals surface area (Å²) in [5, 5.41) is 0.621. The van der Waals surface area contributed by atoms with Crippen molar-refractivity contribution in [1.29, 1.82) is 0 Å². The first kappa shape index (κ1) is 16.6. The third kappa shape index (κ3) is 3.61. The van der Waals surface area contributed by atoms with Crippen LogP contribution in [0, 0.1) is 0 Å². The third-order valence-corrected chi connectivity index (χ3v) is 5.65. The Morgan fingerprint density at radius 2 is 1.29 bits per heavy atom. The lowest BCUT2D eigenvalue weighted by Crippen LogP contribution is -2.30. The number of para-hydroxylation sites is 1. The highest BCUT2D eigenvalue weighted by molar-refractivity contribution is 7.92. The highest BCUT2D eigenvalue weighted by atomic mass is 35.5. The van der Waals surface area contributed by atoms with Crippen LogP contribution >= 0.6 is 11.6 Å². The standard InChI is InChI=1S/C19H16ClNO2S/c20-17-13-11-16(12-14-17)15-21(18-7-3-1-4-8-18)24(22,23)19-9-5-2-6-10-19/h1-14H,15H2. The number of anilines is 1. The van der Waals surface area contributed by atoms with Crippen molar-refractivity contribution >= 4 is 27.3 Å². The summed E-state index contributed by atoms with van der Waals surface area (Å²) in [6.07, 6.45) is 0. The highest BCUT2D eigenvalue weighted by Gasteiger charge is 2.24. The molecule has 122 valence electrons. The van der Waals surface area contributed by atoms with Crippen molar-refractivity contribution in [3.8, 4) is 0 Å². The number of sulfonamides is 1. The molecule has 3 aromatic rings. The number of rotatable bonds is 5. The van der Waals surface area contributed by atoms with Crippen molar-refractivity contribution in [3.63, 3.8) is 0 Å². The molecule has 3 rings (SSSR count). The smallest absolute Gasteiger partial charge is 0.262 e. The molecule has 0 aliphatic heterocycles. The van der Waals surface area contributed by atoms with E-state index in [4.69, 9.17) is 11.6 Å². The van der Waals surface area contributed by atoms with Gasteiger partial charge in [-0.05, 0) is 42.0 Å². The van der Waals surface area contributed by atoms with Gasteiger partial charge >= 0.3 is 0 Å². The van der Waals surface area contributed by atoms with Gasteiger partial charge in [-0.25, -0.2) is 8.42 Å². The summed E-state index contributed by atoms with van der Waals surface area (Å²) in [6.45, 7) is 0.235. The summed E-state index contributed by atoms with van der Waals surface area (Å²) in [6, 6.07) is 24.7. The summed E-state index contributed by atoms with van der Waals surface area (Å²) in [5.74, 6) is 0. The van der Waals surface area contributed by atoms with Crippen LogP contribution < -0.4 is 4.31 Å². The van der Waals surface area contributed by atoms with Crippen LogP contribution in [-0.4, -0.2) is 8.42 Å². The molecule has 0 amide bonds. The van der Waals surface area contributed by atoms with E-state index in [1.807, 2.05) is 30.3 Å². The quantitative estimate of drug-likeness (QED) is 0.661. The van der Waals surface area contributed by atoms with Gasteiger partial charge in [-0.1, -0.05) is 60.1 Å². The molecule has 0 saturated heterocycles. The Kier molecular flexibility index (Phi) is 4.88. The summed E-state index contributed by atoms with van der Waals surface area (Å²) < 4.78 is 27.6. The number of halogens is 1. The van der Waals surface area contributed by atoms with Crippen LogP contribution in [0.15, 0.2) is 89.8 Å². The van der Waals surface area contributed by atoms with Crippen LogP contribution in [0.3, 0.4) is 0 Å². The first-order chi connectivity index (χ1) is 11.6. The first-order valence-electron chi connectivity index (χ1n) is 7.45. The summed E-state index contributed by atoms with van der Waals surface area (Å²) in [7, 11) is -3.66. The largest absolute Gasteiger partial charge is 0.264 e. The fraction of sp³-hybridized carbons (Fsp3) is 0.0526. The molecule has 0 aliphatic rings. The Balaban J connectivity index is 2.04. The molecule has 0 fully saturated rings. The predicted molar refractivity (Wildman–Crippen MR) is 97.7 cm³/mol. The van der Waals surface area contributed by atoms with Gasteiger partial charge < -0.3 is 0 Å². The second-order valence-electron chi connectivity index (χ2n) is 5.29. The second kappa shape index (κ2) is 7.07. The molecular weight excluding hydrogens is 342 g/mol. The van der Waals surface area contributed by atoms with E-state index in [-0.39, 0.29) is 11.4 Å². The lowest BCUT2D eigenvalue weighted by atomic mass is 10.2. The number of hydrogen-bond acceptors (Lipinski definition) is 2. The van der Waals surface area contributed by atoms with Gasteiger partial charge in [-0.15, -0.1) is 0 Å². The van der Waals surface area contributed by atoms with Crippen molar-refractivity contribution in [1.82, 2.24) is 0 Å². The predicted octanol–water partition coefficient (Wildman–Crippen LogP) is 4.74. The van der Waals surface area contributed by atoms with Crippen molar-refractivity contribution in [2.45, 2.75) is 11.4 Å². The minimum Gasteiger partial charge on any atom is -0.262 e. The zero-order chi connectivity index (χ0) is 17.0. The van der Waals surface area contributed by atoms with Gasteiger partial charge in [0.15, 0.2) is 0 Å². The molecular formula is C19H16ClNO2S. The Bertz CT molecular complexity index is 895. The minimum absolute atomic E-state index is 0.235. The van der Waals surface area contributed by atoms with Crippen LogP contribution in [0.2, 0.25) is 5.02 Å². The zero-order valence-corrected chi connectivity index (χ0v) is 14.4. The van der Waals surface area contributed by atoms with Crippen molar-refractivity contribution < 1.29 is 8.42 Å². The fourth-order valence-electron chi connectivity index (χ4n) is 2.38. The normalized spacial score (nSPS) is 11.2. The lowest BCUT2D eigenvalue weighted by molar-refractivity contribution is 0.590. The molecule has 0 unspecified atom stereocenters. The minimum atomic E-state index is -3.66. The number of hydrogen-bond donors (Lipinski definition) is 0. The first-order valence-corrected chi connectivity index (χ1v) is 9.26. The Morgan fingerprint density at radius 1 is 0.750 bits per heavy atom. The van der Waals surface area contributed by atoms with Crippen LogP contribution in [0.5, 0.6) is 0 Å². The van der Waals surface area contributed by atoms with E-state index in [1.54, 1.807) is 54.6 Å². The molecule has 0 spiro atoms. The van der Waals surface area contributed by atoms with Gasteiger partial charge in [0.05, 0.1) is 17.1 Å². The average molecular weight is 358 g/mol. The maximum atomic E-state index is 13.1. The van der Waals surface area contributed by atoms with Crippen molar-refractivity contribution in [2.75, 3.05) is 4.31 Å². The summed E-state index contributed by atoms with van der Waals surface area (Å²) >= 11 is 5.92. The van der Waals surface area contributed by atoms with Crippen molar-refractivity contribution in [2.24, 2.45) is 0 Å². The second-order valence-corrected chi connectivity index (χ2v) is 7.59. The highest BCUT2D eigenvalue weighted by Crippen LogP contribution is 2.26.